The average Bonchev–Trinajstić information content (AvgIpc) is 2.88. The van der Waals surface area contributed by atoms with Crippen LogP contribution in [0.25, 0.3) is 0 Å². The molecule has 1 aromatic rings. The fourth-order valence-corrected chi connectivity index (χ4v) is 3.17. The van der Waals surface area contributed by atoms with Crippen molar-refractivity contribution in [2.75, 3.05) is 6.54 Å². The number of aromatic nitrogens is 1. The summed E-state index contributed by atoms with van der Waals surface area (Å²) >= 11 is 0. The Morgan fingerprint density at radius 2 is 2.04 bits per heavy atom. The van der Waals surface area contributed by atoms with Gasteiger partial charge < -0.3 is 20.2 Å². The Kier molecular flexibility index (Phi) is 5.34. The van der Waals surface area contributed by atoms with Crippen molar-refractivity contribution in [3.05, 3.63) is 17.8 Å². The second-order valence-corrected chi connectivity index (χ2v) is 7.76. The molecular formula is C17H29N3O3. The van der Waals surface area contributed by atoms with Crippen molar-refractivity contribution < 1.29 is 14.3 Å². The van der Waals surface area contributed by atoms with E-state index >= 15 is 0 Å². The molecule has 0 unspecified atom stereocenters. The number of hydrogen-bond acceptors (Lipinski definition) is 4. The molecule has 0 bridgehead atoms. The van der Waals surface area contributed by atoms with E-state index in [1.54, 1.807) is 6.92 Å². The van der Waals surface area contributed by atoms with Gasteiger partial charge in [0.05, 0.1) is 12.1 Å². The summed E-state index contributed by atoms with van der Waals surface area (Å²) in [6.45, 7) is 9.16. The molecule has 1 aromatic heterocycles. The largest absolute Gasteiger partial charge is 0.448 e. The van der Waals surface area contributed by atoms with E-state index in [0.717, 1.165) is 25.7 Å². The van der Waals surface area contributed by atoms with Gasteiger partial charge in [-0.15, -0.1) is 0 Å². The molecule has 0 aromatic carbocycles. The highest BCUT2D eigenvalue weighted by Crippen LogP contribution is 2.41. The van der Waals surface area contributed by atoms with E-state index < -0.39 is 5.60 Å². The molecule has 1 heterocycles. The van der Waals surface area contributed by atoms with Crippen LogP contribution in [0.3, 0.4) is 0 Å². The predicted molar refractivity (Wildman–Crippen MR) is 87.8 cm³/mol. The molecule has 0 saturated heterocycles. The second kappa shape index (κ2) is 6.91. The van der Waals surface area contributed by atoms with Crippen molar-refractivity contribution in [3.63, 3.8) is 0 Å². The predicted octanol–water partition coefficient (Wildman–Crippen LogP) is 2.75. The van der Waals surface area contributed by atoms with Crippen molar-refractivity contribution in [1.82, 2.24) is 15.6 Å². The molecule has 0 spiro atoms. The van der Waals surface area contributed by atoms with E-state index in [2.05, 4.69) is 36.4 Å². The summed E-state index contributed by atoms with van der Waals surface area (Å²) in [5, 5.41) is 16.1. The number of rotatable bonds is 4. The summed E-state index contributed by atoms with van der Waals surface area (Å²) in [6.07, 6.45) is 4.83. The van der Waals surface area contributed by atoms with E-state index in [1.807, 2.05) is 0 Å². The number of urea groups is 1. The van der Waals surface area contributed by atoms with Crippen molar-refractivity contribution in [1.29, 1.82) is 0 Å². The molecule has 0 radical (unpaired) electrons. The monoisotopic (exact) mass is 323 g/mol. The number of nitrogens with one attached hydrogen (secondary N) is 2. The van der Waals surface area contributed by atoms with E-state index in [0.29, 0.717) is 23.9 Å². The highest BCUT2D eigenvalue weighted by Gasteiger charge is 2.37. The number of carbonyl (C=O) groups is 1. The molecule has 1 aliphatic carbocycles. The zero-order chi connectivity index (χ0) is 17.1. The standard InChI is InChI=1S/C17H29N3O3/c1-12-14(20-11-23-12)9-18-15(21)19-10-17(22)7-5-13(6-8-17)16(2,3)4/h11,13,22H,5-10H2,1-4H3,(H2,18,19,21). The summed E-state index contributed by atoms with van der Waals surface area (Å²) in [7, 11) is 0. The maximum atomic E-state index is 11.9. The van der Waals surface area contributed by atoms with Gasteiger partial charge in [-0.25, -0.2) is 9.78 Å². The lowest BCUT2D eigenvalue weighted by Gasteiger charge is -2.41. The molecule has 23 heavy (non-hydrogen) atoms. The molecule has 130 valence electrons. The van der Waals surface area contributed by atoms with Crippen LogP contribution in [-0.2, 0) is 6.54 Å². The number of amides is 2. The first-order chi connectivity index (χ1) is 10.7. The zero-order valence-corrected chi connectivity index (χ0v) is 14.6. The molecule has 1 saturated carbocycles. The number of aliphatic hydroxyl groups is 1. The van der Waals surface area contributed by atoms with Gasteiger partial charge in [-0.2, -0.15) is 0 Å². The van der Waals surface area contributed by atoms with Gasteiger partial charge >= 0.3 is 6.03 Å². The minimum absolute atomic E-state index is 0.279. The number of hydrogen-bond donors (Lipinski definition) is 3. The summed E-state index contributed by atoms with van der Waals surface area (Å²) in [5.74, 6) is 1.33. The number of oxazole rings is 1. The lowest BCUT2D eigenvalue weighted by atomic mass is 9.68. The van der Waals surface area contributed by atoms with Crippen molar-refractivity contribution in [2.24, 2.45) is 11.3 Å². The Bertz CT molecular complexity index is 525. The van der Waals surface area contributed by atoms with Gasteiger partial charge in [0.25, 0.3) is 0 Å². The molecule has 3 N–H and O–H groups in total. The molecule has 1 fully saturated rings. The summed E-state index contributed by atoms with van der Waals surface area (Å²) < 4.78 is 5.08. The van der Waals surface area contributed by atoms with E-state index in [9.17, 15) is 9.90 Å². The number of carbonyl (C=O) groups excluding carboxylic acids is 1. The highest BCUT2D eigenvalue weighted by atomic mass is 16.3. The fraction of sp³-hybridized carbons (Fsp3) is 0.765. The van der Waals surface area contributed by atoms with Gasteiger partial charge in [0.2, 0.25) is 0 Å². The minimum Gasteiger partial charge on any atom is -0.448 e. The Balaban J connectivity index is 1.73. The normalized spacial score (nSPS) is 25.2. The summed E-state index contributed by atoms with van der Waals surface area (Å²) in [6, 6.07) is -0.293. The summed E-state index contributed by atoms with van der Waals surface area (Å²) in [4.78, 5) is 15.9. The van der Waals surface area contributed by atoms with E-state index in [4.69, 9.17) is 4.42 Å². The molecule has 1 aliphatic rings. The van der Waals surface area contributed by atoms with Crippen LogP contribution in [-0.4, -0.2) is 28.3 Å². The number of nitrogens with zero attached hydrogens (tertiary/aromatic N) is 1. The quantitative estimate of drug-likeness (QED) is 0.795. The molecule has 0 aliphatic heterocycles. The first-order valence-corrected chi connectivity index (χ1v) is 8.33. The van der Waals surface area contributed by atoms with Crippen molar-refractivity contribution >= 4 is 6.03 Å². The first-order valence-electron chi connectivity index (χ1n) is 8.33. The zero-order valence-electron chi connectivity index (χ0n) is 14.6. The second-order valence-electron chi connectivity index (χ2n) is 7.76. The third-order valence-corrected chi connectivity index (χ3v) is 4.98. The van der Waals surface area contributed by atoms with Gasteiger partial charge in [-0.3, -0.25) is 0 Å². The van der Waals surface area contributed by atoms with E-state index in [1.165, 1.54) is 6.39 Å². The lowest BCUT2D eigenvalue weighted by Crippen LogP contribution is -2.48. The van der Waals surface area contributed by atoms with Gasteiger partial charge in [-0.05, 0) is 43.9 Å². The SMILES string of the molecule is Cc1ocnc1CNC(=O)NCC1(O)CCC(C(C)(C)C)CC1. The molecule has 6 heteroatoms. The van der Waals surface area contributed by atoms with Crippen LogP contribution in [0.1, 0.15) is 57.9 Å². The molecule has 0 atom stereocenters. The van der Waals surface area contributed by atoms with Gasteiger partial charge in [0.1, 0.15) is 11.5 Å². The van der Waals surface area contributed by atoms with Crippen LogP contribution < -0.4 is 10.6 Å². The Morgan fingerprint density at radius 3 is 2.57 bits per heavy atom. The van der Waals surface area contributed by atoms with Crippen LogP contribution in [0.4, 0.5) is 4.79 Å². The summed E-state index contributed by atoms with van der Waals surface area (Å²) in [5.41, 5.74) is 0.203. The van der Waals surface area contributed by atoms with Crippen LogP contribution in [0.15, 0.2) is 10.8 Å². The third kappa shape index (κ3) is 4.96. The van der Waals surface area contributed by atoms with Crippen LogP contribution >= 0.6 is 0 Å². The molecule has 2 amide bonds. The van der Waals surface area contributed by atoms with Crippen LogP contribution in [0, 0.1) is 18.3 Å². The highest BCUT2D eigenvalue weighted by molar-refractivity contribution is 5.73. The number of aryl methyl sites for hydroxylation is 1. The van der Waals surface area contributed by atoms with Gasteiger partial charge in [0.15, 0.2) is 6.39 Å². The van der Waals surface area contributed by atoms with Crippen LogP contribution in [0.5, 0.6) is 0 Å². The minimum atomic E-state index is -0.789. The fourth-order valence-electron chi connectivity index (χ4n) is 3.17. The Morgan fingerprint density at radius 1 is 1.39 bits per heavy atom. The Labute approximate surface area is 138 Å². The van der Waals surface area contributed by atoms with Crippen molar-refractivity contribution in [2.45, 2.75) is 65.5 Å². The van der Waals surface area contributed by atoms with Gasteiger partial charge in [-0.1, -0.05) is 20.8 Å². The first kappa shape index (κ1) is 17.8. The maximum Gasteiger partial charge on any atom is 0.315 e. The van der Waals surface area contributed by atoms with Gasteiger partial charge in [0, 0.05) is 6.54 Å². The average molecular weight is 323 g/mol. The third-order valence-electron chi connectivity index (χ3n) is 4.98. The molecule has 6 nitrogen and oxygen atoms in total. The van der Waals surface area contributed by atoms with Crippen LogP contribution in [0.2, 0.25) is 0 Å². The molecule has 2 rings (SSSR count). The maximum absolute atomic E-state index is 11.9. The Hall–Kier alpha value is -1.56. The van der Waals surface area contributed by atoms with Crippen molar-refractivity contribution in [3.8, 4) is 0 Å². The lowest BCUT2D eigenvalue weighted by molar-refractivity contribution is -0.0218. The van der Waals surface area contributed by atoms with E-state index in [-0.39, 0.29) is 18.0 Å². The molecular weight excluding hydrogens is 294 g/mol. The smallest absolute Gasteiger partial charge is 0.315 e. The topological polar surface area (TPSA) is 87.4 Å².